The van der Waals surface area contributed by atoms with Crippen LogP contribution in [-0.2, 0) is 4.74 Å². The third-order valence-electron chi connectivity index (χ3n) is 4.27. The minimum atomic E-state index is -1.24. The third kappa shape index (κ3) is 2.74. The van der Waals surface area contributed by atoms with E-state index in [4.69, 9.17) is 10.5 Å². The van der Waals surface area contributed by atoms with Gasteiger partial charge in [0, 0.05) is 5.69 Å². The maximum absolute atomic E-state index is 10.2. The van der Waals surface area contributed by atoms with Crippen LogP contribution in [0.1, 0.15) is 6.23 Å². The highest BCUT2D eigenvalue weighted by atomic mass is 16.6. The molecule has 1 saturated heterocycles. The van der Waals surface area contributed by atoms with E-state index in [9.17, 15) is 15.3 Å². The predicted octanol–water partition coefficient (Wildman–Crippen LogP) is -0.236. The molecule has 1 aliphatic heterocycles. The van der Waals surface area contributed by atoms with E-state index in [1.54, 1.807) is 0 Å². The number of imidazole rings is 1. The van der Waals surface area contributed by atoms with Crippen molar-refractivity contribution < 1.29 is 20.1 Å². The lowest BCUT2D eigenvalue weighted by molar-refractivity contribution is -0.0511. The second-order valence-corrected chi connectivity index (χ2v) is 5.98. The zero-order chi connectivity index (χ0) is 18.3. The SMILES string of the molecule is Nc1nc(Nc2ccccc2)nc2c1ncn2[C@@H]1O[C@@H](CO)[C@H](O)[C@H]1O. The average molecular weight is 358 g/mol. The number of para-hydroxylation sites is 1. The van der Waals surface area contributed by atoms with Crippen LogP contribution in [-0.4, -0.2) is 59.8 Å². The van der Waals surface area contributed by atoms with Gasteiger partial charge in [-0.25, -0.2) is 4.98 Å². The fraction of sp³-hybridized carbons (Fsp3) is 0.312. The number of nitrogen functional groups attached to an aromatic ring is 1. The topological polar surface area (TPSA) is 152 Å². The number of fused-ring (bicyclic) bond motifs is 1. The highest BCUT2D eigenvalue weighted by Gasteiger charge is 2.44. The Morgan fingerprint density at radius 3 is 2.62 bits per heavy atom. The van der Waals surface area contributed by atoms with E-state index in [1.165, 1.54) is 10.9 Å². The van der Waals surface area contributed by atoms with Gasteiger partial charge in [-0.15, -0.1) is 0 Å². The molecule has 0 spiro atoms. The molecule has 10 heteroatoms. The predicted molar refractivity (Wildman–Crippen MR) is 92.5 cm³/mol. The molecule has 4 rings (SSSR count). The van der Waals surface area contributed by atoms with Crippen LogP contribution in [0.4, 0.5) is 17.5 Å². The van der Waals surface area contributed by atoms with Crippen molar-refractivity contribution >= 4 is 28.6 Å². The molecule has 1 aliphatic rings. The van der Waals surface area contributed by atoms with E-state index in [1.807, 2.05) is 30.3 Å². The minimum absolute atomic E-state index is 0.166. The molecular weight excluding hydrogens is 340 g/mol. The maximum atomic E-state index is 10.2. The van der Waals surface area contributed by atoms with Gasteiger partial charge in [0.1, 0.15) is 23.8 Å². The average Bonchev–Trinajstić information content (AvgIpc) is 3.18. The molecule has 1 fully saturated rings. The minimum Gasteiger partial charge on any atom is -0.394 e. The summed E-state index contributed by atoms with van der Waals surface area (Å²) in [4.78, 5) is 12.8. The molecule has 26 heavy (non-hydrogen) atoms. The Kier molecular flexibility index (Phi) is 4.17. The van der Waals surface area contributed by atoms with Crippen LogP contribution < -0.4 is 11.1 Å². The lowest BCUT2D eigenvalue weighted by atomic mass is 10.1. The standard InChI is InChI=1S/C16H18N6O4/c17-13-10-14(21-16(20-13)19-8-4-2-1-3-5-8)22(7-18-10)15-12(25)11(24)9(6-23)26-15/h1-5,7,9,11-12,15,23-25H,6H2,(H3,17,19,20,21)/t9-,11-,12+,15+/m0/s1. The van der Waals surface area contributed by atoms with Gasteiger partial charge in [0.15, 0.2) is 17.7 Å². The number of nitrogens with two attached hydrogens (primary N) is 1. The van der Waals surface area contributed by atoms with Gasteiger partial charge >= 0.3 is 0 Å². The summed E-state index contributed by atoms with van der Waals surface area (Å²) >= 11 is 0. The number of anilines is 3. The van der Waals surface area contributed by atoms with Crippen LogP contribution >= 0.6 is 0 Å². The molecule has 3 aromatic rings. The zero-order valence-electron chi connectivity index (χ0n) is 13.6. The molecule has 0 radical (unpaired) electrons. The van der Waals surface area contributed by atoms with Crippen LogP contribution in [0, 0.1) is 0 Å². The number of aliphatic hydroxyl groups excluding tert-OH is 3. The number of hydrogen-bond donors (Lipinski definition) is 5. The molecule has 0 bridgehead atoms. The molecule has 3 heterocycles. The van der Waals surface area contributed by atoms with Crippen LogP contribution in [0.2, 0.25) is 0 Å². The van der Waals surface area contributed by atoms with Crippen LogP contribution in [0.5, 0.6) is 0 Å². The van der Waals surface area contributed by atoms with Crippen molar-refractivity contribution in [3.63, 3.8) is 0 Å². The van der Waals surface area contributed by atoms with E-state index in [2.05, 4.69) is 20.3 Å². The highest BCUT2D eigenvalue weighted by molar-refractivity contribution is 5.83. The van der Waals surface area contributed by atoms with Crippen molar-refractivity contribution in [1.29, 1.82) is 0 Å². The lowest BCUT2D eigenvalue weighted by Crippen LogP contribution is -2.33. The van der Waals surface area contributed by atoms with Gasteiger partial charge in [-0.05, 0) is 12.1 Å². The Bertz CT molecular complexity index is 918. The number of nitrogens with zero attached hydrogens (tertiary/aromatic N) is 4. The van der Waals surface area contributed by atoms with Gasteiger partial charge in [-0.3, -0.25) is 4.57 Å². The van der Waals surface area contributed by atoms with E-state index in [-0.39, 0.29) is 11.8 Å². The first-order valence-corrected chi connectivity index (χ1v) is 8.03. The van der Waals surface area contributed by atoms with Crippen LogP contribution in [0.3, 0.4) is 0 Å². The smallest absolute Gasteiger partial charge is 0.231 e. The molecule has 0 aliphatic carbocycles. The molecule has 4 atom stereocenters. The monoisotopic (exact) mass is 358 g/mol. The summed E-state index contributed by atoms with van der Waals surface area (Å²) in [6.07, 6.45) is -2.91. The molecular formula is C16H18N6O4. The summed E-state index contributed by atoms with van der Waals surface area (Å²) in [6, 6.07) is 9.34. The summed E-state index contributed by atoms with van der Waals surface area (Å²) in [5.41, 5.74) is 7.45. The van der Waals surface area contributed by atoms with E-state index in [0.717, 1.165) is 5.69 Å². The van der Waals surface area contributed by atoms with Gasteiger partial charge in [0.25, 0.3) is 0 Å². The van der Waals surface area contributed by atoms with Crippen molar-refractivity contribution in [3.05, 3.63) is 36.7 Å². The fourth-order valence-corrected chi connectivity index (χ4v) is 2.94. The molecule has 136 valence electrons. The number of nitrogens with one attached hydrogen (secondary N) is 1. The summed E-state index contributed by atoms with van der Waals surface area (Å²) in [5.74, 6) is 0.425. The Labute approximate surface area is 147 Å². The zero-order valence-corrected chi connectivity index (χ0v) is 13.6. The first-order valence-electron chi connectivity index (χ1n) is 8.03. The van der Waals surface area contributed by atoms with Gasteiger partial charge in [-0.1, -0.05) is 18.2 Å². The number of ether oxygens (including phenoxy) is 1. The summed E-state index contributed by atoms with van der Waals surface area (Å²) < 4.78 is 7.00. The quantitative estimate of drug-likeness (QED) is 0.425. The summed E-state index contributed by atoms with van der Waals surface area (Å²) in [5, 5.41) is 32.5. The molecule has 2 aromatic heterocycles. The first-order chi connectivity index (χ1) is 12.6. The van der Waals surface area contributed by atoms with Crippen LogP contribution in [0.15, 0.2) is 36.7 Å². The van der Waals surface area contributed by atoms with Gasteiger partial charge in [0.2, 0.25) is 5.95 Å². The molecule has 0 unspecified atom stereocenters. The largest absolute Gasteiger partial charge is 0.394 e. The summed E-state index contributed by atoms with van der Waals surface area (Å²) in [7, 11) is 0. The Balaban J connectivity index is 1.73. The number of rotatable bonds is 4. The van der Waals surface area contributed by atoms with Crippen molar-refractivity contribution in [2.45, 2.75) is 24.5 Å². The van der Waals surface area contributed by atoms with Crippen molar-refractivity contribution in [2.75, 3.05) is 17.7 Å². The second-order valence-electron chi connectivity index (χ2n) is 5.98. The molecule has 6 N–H and O–H groups in total. The van der Waals surface area contributed by atoms with Crippen molar-refractivity contribution in [3.8, 4) is 0 Å². The number of aromatic nitrogens is 4. The molecule has 10 nitrogen and oxygen atoms in total. The van der Waals surface area contributed by atoms with Crippen LogP contribution in [0.25, 0.3) is 11.2 Å². The fourth-order valence-electron chi connectivity index (χ4n) is 2.94. The number of aliphatic hydroxyl groups is 3. The Hall–Kier alpha value is -2.79. The molecule has 0 amide bonds. The van der Waals surface area contributed by atoms with Gasteiger partial charge < -0.3 is 31.1 Å². The summed E-state index contributed by atoms with van der Waals surface area (Å²) in [6.45, 7) is -0.417. The number of hydrogen-bond acceptors (Lipinski definition) is 9. The van der Waals surface area contributed by atoms with Crippen molar-refractivity contribution in [1.82, 2.24) is 19.5 Å². The third-order valence-corrected chi connectivity index (χ3v) is 4.27. The normalized spacial score (nSPS) is 25.7. The highest BCUT2D eigenvalue weighted by Crippen LogP contribution is 2.32. The maximum Gasteiger partial charge on any atom is 0.231 e. The van der Waals surface area contributed by atoms with E-state index < -0.39 is 31.1 Å². The Morgan fingerprint density at radius 1 is 1.15 bits per heavy atom. The van der Waals surface area contributed by atoms with E-state index in [0.29, 0.717) is 11.2 Å². The Morgan fingerprint density at radius 2 is 1.92 bits per heavy atom. The van der Waals surface area contributed by atoms with E-state index >= 15 is 0 Å². The van der Waals surface area contributed by atoms with Gasteiger partial charge in [0.05, 0.1) is 12.9 Å². The second kappa shape index (κ2) is 6.50. The van der Waals surface area contributed by atoms with Crippen molar-refractivity contribution in [2.24, 2.45) is 0 Å². The van der Waals surface area contributed by atoms with Gasteiger partial charge in [-0.2, -0.15) is 9.97 Å². The first kappa shape index (κ1) is 16.7. The number of benzene rings is 1. The molecule has 1 aromatic carbocycles. The molecule has 0 saturated carbocycles. The lowest BCUT2D eigenvalue weighted by Gasteiger charge is -2.16.